The van der Waals surface area contributed by atoms with Crippen LogP contribution in [0.2, 0.25) is 0 Å². The molecule has 1 aromatic carbocycles. The molecule has 0 saturated heterocycles. The first-order chi connectivity index (χ1) is 10.2. The first-order valence-electron chi connectivity index (χ1n) is 6.97. The van der Waals surface area contributed by atoms with Crippen LogP contribution in [-0.2, 0) is 16.7 Å². The molecule has 0 aromatic heterocycles. The predicted molar refractivity (Wildman–Crippen MR) is 75.2 cm³/mol. The summed E-state index contributed by atoms with van der Waals surface area (Å²) in [4.78, 5) is 4.26. The molecule has 122 valence electrons. The van der Waals surface area contributed by atoms with Gasteiger partial charge in [-0.15, -0.1) is 0 Å². The van der Waals surface area contributed by atoms with E-state index in [4.69, 9.17) is 10.5 Å². The third kappa shape index (κ3) is 4.19. The molecule has 2 N–H and O–H groups in total. The molecule has 0 fully saturated rings. The number of rotatable bonds is 4. The van der Waals surface area contributed by atoms with Crippen LogP contribution in [0.4, 0.5) is 17.6 Å². The van der Waals surface area contributed by atoms with Crippen molar-refractivity contribution in [1.29, 1.82) is 0 Å². The lowest BCUT2D eigenvalue weighted by Crippen LogP contribution is -2.38. The molecule has 7 heteroatoms. The molecular weight excluding hydrogens is 300 g/mol. The molecule has 2 rings (SSSR count). The standard InChI is InChI=1S/C15H18F4N2O/c1-14(9-22-8-13(20)21-14)11-7-10(4-5-12(11)16)3-2-6-15(17,18)19/h4-5,7H,2-3,6,8-9H2,1H3,(H2,20,21)/t14-/m0/s1. The zero-order valence-corrected chi connectivity index (χ0v) is 12.2. The number of benzene rings is 1. The van der Waals surface area contributed by atoms with Crippen LogP contribution >= 0.6 is 0 Å². The van der Waals surface area contributed by atoms with Crippen molar-refractivity contribution >= 4 is 5.84 Å². The van der Waals surface area contributed by atoms with Gasteiger partial charge in [0.15, 0.2) is 0 Å². The van der Waals surface area contributed by atoms with Crippen molar-refractivity contribution in [3.63, 3.8) is 0 Å². The molecule has 1 atom stereocenters. The molecular formula is C15H18F4N2O. The van der Waals surface area contributed by atoms with E-state index < -0.39 is 24.0 Å². The van der Waals surface area contributed by atoms with Crippen molar-refractivity contribution in [2.75, 3.05) is 13.2 Å². The zero-order chi connectivity index (χ0) is 16.4. The highest BCUT2D eigenvalue weighted by molar-refractivity contribution is 5.82. The van der Waals surface area contributed by atoms with Crippen molar-refractivity contribution in [3.8, 4) is 0 Å². The normalized spacial score (nSPS) is 22.5. The molecule has 1 aromatic rings. The minimum atomic E-state index is -4.18. The van der Waals surface area contributed by atoms with Crippen molar-refractivity contribution in [1.82, 2.24) is 0 Å². The van der Waals surface area contributed by atoms with Crippen LogP contribution in [0.1, 0.15) is 30.9 Å². The van der Waals surface area contributed by atoms with Crippen molar-refractivity contribution in [2.24, 2.45) is 10.7 Å². The van der Waals surface area contributed by atoms with E-state index in [1.165, 1.54) is 12.1 Å². The lowest BCUT2D eigenvalue weighted by Gasteiger charge is -2.30. The summed E-state index contributed by atoms with van der Waals surface area (Å²) in [6.45, 7) is 2.07. The van der Waals surface area contributed by atoms with Gasteiger partial charge in [0.2, 0.25) is 0 Å². The summed E-state index contributed by atoms with van der Waals surface area (Å²) in [5.41, 5.74) is 5.62. The van der Waals surface area contributed by atoms with Gasteiger partial charge in [0.05, 0.1) is 6.61 Å². The van der Waals surface area contributed by atoms with Gasteiger partial charge in [0.25, 0.3) is 0 Å². The monoisotopic (exact) mass is 318 g/mol. The van der Waals surface area contributed by atoms with Gasteiger partial charge >= 0.3 is 6.18 Å². The highest BCUT2D eigenvalue weighted by Crippen LogP contribution is 2.31. The van der Waals surface area contributed by atoms with Crippen LogP contribution in [0.25, 0.3) is 0 Å². The average Bonchev–Trinajstić information content (AvgIpc) is 2.39. The van der Waals surface area contributed by atoms with E-state index in [2.05, 4.69) is 4.99 Å². The van der Waals surface area contributed by atoms with E-state index in [1.54, 1.807) is 13.0 Å². The van der Waals surface area contributed by atoms with Crippen LogP contribution < -0.4 is 5.73 Å². The van der Waals surface area contributed by atoms with Gasteiger partial charge in [-0.25, -0.2) is 4.39 Å². The van der Waals surface area contributed by atoms with Crippen molar-refractivity contribution < 1.29 is 22.3 Å². The predicted octanol–water partition coefficient (Wildman–Crippen LogP) is 3.31. The summed E-state index contributed by atoms with van der Waals surface area (Å²) in [5.74, 6) is -0.195. The molecule has 0 radical (unpaired) electrons. The molecule has 0 bridgehead atoms. The van der Waals surface area contributed by atoms with Gasteiger partial charge in [-0.2, -0.15) is 13.2 Å². The molecule has 0 unspecified atom stereocenters. The highest BCUT2D eigenvalue weighted by atomic mass is 19.4. The first-order valence-corrected chi connectivity index (χ1v) is 6.97. The molecule has 1 aliphatic rings. The van der Waals surface area contributed by atoms with Crippen LogP contribution in [0.15, 0.2) is 23.2 Å². The molecule has 3 nitrogen and oxygen atoms in total. The number of aliphatic imine (C=N–C) groups is 1. The molecule has 0 spiro atoms. The third-order valence-electron chi connectivity index (χ3n) is 3.56. The zero-order valence-electron chi connectivity index (χ0n) is 12.2. The summed E-state index contributed by atoms with van der Waals surface area (Å²) in [6, 6.07) is 4.30. The highest BCUT2D eigenvalue weighted by Gasteiger charge is 2.33. The Labute approximate surface area is 126 Å². The first kappa shape index (κ1) is 16.7. The molecule has 1 heterocycles. The number of alkyl halides is 3. The SMILES string of the molecule is C[C@@]1(c2cc(CCCC(F)(F)F)ccc2F)COCC(N)=N1. The average molecular weight is 318 g/mol. The number of ether oxygens (including phenoxy) is 1. The van der Waals surface area contributed by atoms with E-state index in [-0.39, 0.29) is 31.9 Å². The fraction of sp³-hybridized carbons (Fsp3) is 0.533. The Hall–Kier alpha value is -1.63. The Morgan fingerprint density at radius 3 is 2.73 bits per heavy atom. The third-order valence-corrected chi connectivity index (χ3v) is 3.56. The van der Waals surface area contributed by atoms with Gasteiger partial charge < -0.3 is 10.5 Å². The van der Waals surface area contributed by atoms with Gasteiger partial charge in [-0.3, -0.25) is 4.99 Å². The van der Waals surface area contributed by atoms with Gasteiger partial charge in [-0.05, 0) is 31.4 Å². The number of halogens is 4. The van der Waals surface area contributed by atoms with Crippen LogP contribution in [0.3, 0.4) is 0 Å². The Bertz CT molecular complexity index is 571. The fourth-order valence-corrected chi connectivity index (χ4v) is 2.51. The number of nitrogens with two attached hydrogens (primary N) is 1. The second-order valence-electron chi connectivity index (χ2n) is 5.65. The molecule has 22 heavy (non-hydrogen) atoms. The van der Waals surface area contributed by atoms with Crippen LogP contribution in [0.5, 0.6) is 0 Å². The Morgan fingerprint density at radius 2 is 2.09 bits per heavy atom. The second-order valence-corrected chi connectivity index (χ2v) is 5.65. The lowest BCUT2D eigenvalue weighted by atomic mass is 9.90. The number of hydrogen-bond acceptors (Lipinski definition) is 3. The van der Waals surface area contributed by atoms with Crippen LogP contribution in [-0.4, -0.2) is 25.2 Å². The maximum Gasteiger partial charge on any atom is 0.389 e. The van der Waals surface area contributed by atoms with Crippen molar-refractivity contribution in [2.45, 2.75) is 37.9 Å². The van der Waals surface area contributed by atoms with Gasteiger partial charge in [0, 0.05) is 12.0 Å². The smallest absolute Gasteiger partial charge is 0.386 e. The largest absolute Gasteiger partial charge is 0.389 e. The summed E-state index contributed by atoms with van der Waals surface area (Å²) in [6.07, 6.45) is -4.84. The van der Waals surface area contributed by atoms with E-state index in [1.807, 2.05) is 0 Å². The fourth-order valence-electron chi connectivity index (χ4n) is 2.51. The Kier molecular flexibility index (Phi) is 4.75. The second kappa shape index (κ2) is 6.24. The Balaban J connectivity index is 2.18. The minimum absolute atomic E-state index is 0.0345. The quantitative estimate of drug-likeness (QED) is 0.866. The topological polar surface area (TPSA) is 47.6 Å². The number of hydrogen-bond donors (Lipinski definition) is 1. The molecule has 0 saturated carbocycles. The maximum atomic E-state index is 14.1. The van der Waals surface area contributed by atoms with E-state index in [0.717, 1.165) is 0 Å². The summed E-state index contributed by atoms with van der Waals surface area (Å²) >= 11 is 0. The van der Waals surface area contributed by atoms with Gasteiger partial charge in [-0.1, -0.05) is 12.1 Å². The van der Waals surface area contributed by atoms with Gasteiger partial charge in [0.1, 0.15) is 23.8 Å². The molecule has 1 aliphatic heterocycles. The minimum Gasteiger partial charge on any atom is -0.386 e. The van der Waals surface area contributed by atoms with Crippen LogP contribution in [0, 0.1) is 5.82 Å². The van der Waals surface area contributed by atoms with E-state index >= 15 is 0 Å². The van der Waals surface area contributed by atoms with E-state index in [9.17, 15) is 17.6 Å². The summed E-state index contributed by atoms with van der Waals surface area (Å²) in [5, 5.41) is 0. The Morgan fingerprint density at radius 1 is 1.36 bits per heavy atom. The molecule has 0 amide bonds. The summed E-state index contributed by atoms with van der Waals surface area (Å²) in [7, 11) is 0. The lowest BCUT2D eigenvalue weighted by molar-refractivity contribution is -0.135. The number of aryl methyl sites for hydroxylation is 1. The maximum absolute atomic E-state index is 14.1. The summed E-state index contributed by atoms with van der Waals surface area (Å²) < 4.78 is 56.0. The molecule has 0 aliphatic carbocycles. The number of amidine groups is 1. The van der Waals surface area contributed by atoms with E-state index in [0.29, 0.717) is 11.1 Å². The van der Waals surface area contributed by atoms with Crippen molar-refractivity contribution in [3.05, 3.63) is 35.1 Å². The number of nitrogens with zero attached hydrogens (tertiary/aromatic N) is 1.